The molecule has 1 aliphatic rings. The second-order valence-corrected chi connectivity index (χ2v) is 6.02. The predicted molar refractivity (Wildman–Crippen MR) is 80.7 cm³/mol. The van der Waals surface area contributed by atoms with E-state index in [2.05, 4.69) is 43.6 Å². The summed E-state index contributed by atoms with van der Waals surface area (Å²) in [5, 5.41) is 9.94. The molecule has 1 aliphatic carbocycles. The highest BCUT2D eigenvalue weighted by Gasteiger charge is 2.39. The molecule has 2 N–H and O–H groups in total. The minimum absolute atomic E-state index is 0.0940. The first-order valence-electron chi connectivity index (χ1n) is 6.78. The van der Waals surface area contributed by atoms with Gasteiger partial charge in [-0.25, -0.2) is 0 Å². The third-order valence-electron chi connectivity index (χ3n) is 3.63. The molecule has 0 aliphatic heterocycles. The number of benzene rings is 1. The molecule has 0 unspecified atom stereocenters. The number of amides is 1. The molecule has 5 heteroatoms. The van der Waals surface area contributed by atoms with E-state index in [-0.39, 0.29) is 11.9 Å². The van der Waals surface area contributed by atoms with Gasteiger partial charge in [0.25, 0.3) is 5.91 Å². The Morgan fingerprint density at radius 2 is 2.35 bits per heavy atom. The summed E-state index contributed by atoms with van der Waals surface area (Å²) in [7, 11) is 0. The van der Waals surface area contributed by atoms with Crippen molar-refractivity contribution in [2.24, 2.45) is 0 Å². The first-order valence-corrected chi connectivity index (χ1v) is 7.57. The Morgan fingerprint density at radius 1 is 1.50 bits per heavy atom. The SMILES string of the molecule is CCc1cc(C(=O)N[C@@H]2C[C@H]2c2cccc(Br)c2)n[nH]1. The molecule has 1 aromatic heterocycles. The van der Waals surface area contributed by atoms with Crippen molar-refractivity contribution in [1.82, 2.24) is 15.5 Å². The lowest BCUT2D eigenvalue weighted by molar-refractivity contribution is 0.0945. The number of carbonyl (C=O) groups is 1. The molecular formula is C15H16BrN3O. The van der Waals surface area contributed by atoms with E-state index in [0.717, 1.165) is 23.0 Å². The van der Waals surface area contributed by atoms with Gasteiger partial charge in [-0.1, -0.05) is 35.0 Å². The van der Waals surface area contributed by atoms with Crippen molar-refractivity contribution in [3.63, 3.8) is 0 Å². The fourth-order valence-electron chi connectivity index (χ4n) is 2.36. The molecule has 1 saturated carbocycles. The van der Waals surface area contributed by atoms with E-state index in [1.54, 1.807) is 0 Å². The Kier molecular flexibility index (Phi) is 3.61. The van der Waals surface area contributed by atoms with E-state index in [1.807, 2.05) is 25.1 Å². The van der Waals surface area contributed by atoms with Crippen LogP contribution in [0.2, 0.25) is 0 Å². The number of aryl methyl sites for hydroxylation is 1. The summed E-state index contributed by atoms with van der Waals surface area (Å²) in [6.07, 6.45) is 1.84. The van der Waals surface area contributed by atoms with Crippen LogP contribution in [0.4, 0.5) is 0 Å². The van der Waals surface area contributed by atoms with Crippen molar-refractivity contribution in [3.8, 4) is 0 Å². The molecule has 1 fully saturated rings. The monoisotopic (exact) mass is 333 g/mol. The number of carbonyl (C=O) groups excluding carboxylic acids is 1. The topological polar surface area (TPSA) is 57.8 Å². The van der Waals surface area contributed by atoms with Crippen molar-refractivity contribution in [3.05, 3.63) is 51.8 Å². The third kappa shape index (κ3) is 2.77. The summed E-state index contributed by atoms with van der Waals surface area (Å²) >= 11 is 3.47. The van der Waals surface area contributed by atoms with Crippen molar-refractivity contribution >= 4 is 21.8 Å². The van der Waals surface area contributed by atoms with Gasteiger partial charge in [-0.3, -0.25) is 9.89 Å². The molecule has 1 heterocycles. The van der Waals surface area contributed by atoms with Crippen LogP contribution < -0.4 is 5.32 Å². The lowest BCUT2D eigenvalue weighted by atomic mass is 10.1. The number of hydrogen-bond acceptors (Lipinski definition) is 2. The molecule has 20 heavy (non-hydrogen) atoms. The van der Waals surface area contributed by atoms with Crippen LogP contribution in [-0.2, 0) is 6.42 Å². The number of nitrogens with zero attached hydrogens (tertiary/aromatic N) is 1. The Labute approximate surface area is 126 Å². The standard InChI is InChI=1S/C15H16BrN3O/c1-2-11-7-14(19-18-11)15(20)17-13-8-12(13)9-4-3-5-10(16)6-9/h3-7,12-13H,2,8H2,1H3,(H,17,20)(H,18,19)/t12-,13+/m0/s1. The number of rotatable bonds is 4. The normalized spacial score (nSPS) is 20.7. The first kappa shape index (κ1) is 13.4. The molecule has 4 nitrogen and oxygen atoms in total. The van der Waals surface area contributed by atoms with Crippen LogP contribution in [0, 0.1) is 0 Å². The zero-order chi connectivity index (χ0) is 14.1. The summed E-state index contributed by atoms with van der Waals surface area (Å²) in [5.41, 5.74) is 2.72. The largest absolute Gasteiger partial charge is 0.347 e. The average molecular weight is 334 g/mol. The predicted octanol–water partition coefficient (Wildman–Crippen LogP) is 3.02. The summed E-state index contributed by atoms with van der Waals surface area (Å²) < 4.78 is 1.08. The molecular weight excluding hydrogens is 318 g/mol. The smallest absolute Gasteiger partial charge is 0.272 e. The van der Waals surface area contributed by atoms with Gasteiger partial charge >= 0.3 is 0 Å². The van der Waals surface area contributed by atoms with E-state index in [0.29, 0.717) is 11.6 Å². The van der Waals surface area contributed by atoms with Crippen LogP contribution in [0.3, 0.4) is 0 Å². The van der Waals surface area contributed by atoms with Crippen LogP contribution in [0.15, 0.2) is 34.8 Å². The molecule has 0 saturated heterocycles. The van der Waals surface area contributed by atoms with Gasteiger partial charge in [0.1, 0.15) is 5.69 Å². The quantitative estimate of drug-likeness (QED) is 0.903. The van der Waals surface area contributed by atoms with Crippen molar-refractivity contribution in [1.29, 1.82) is 0 Å². The third-order valence-corrected chi connectivity index (χ3v) is 4.12. The van der Waals surface area contributed by atoms with Crippen LogP contribution in [-0.4, -0.2) is 22.1 Å². The Bertz CT molecular complexity index is 638. The summed E-state index contributed by atoms with van der Waals surface area (Å²) in [4.78, 5) is 12.1. The van der Waals surface area contributed by atoms with Crippen LogP contribution in [0.1, 0.15) is 41.0 Å². The van der Waals surface area contributed by atoms with E-state index in [1.165, 1.54) is 5.56 Å². The molecule has 2 aromatic rings. The maximum Gasteiger partial charge on any atom is 0.272 e. The first-order chi connectivity index (χ1) is 9.67. The van der Waals surface area contributed by atoms with Crippen LogP contribution >= 0.6 is 15.9 Å². The Balaban J connectivity index is 1.61. The van der Waals surface area contributed by atoms with Gasteiger partial charge < -0.3 is 5.32 Å². The van der Waals surface area contributed by atoms with Gasteiger partial charge in [0.05, 0.1) is 0 Å². The zero-order valence-electron chi connectivity index (χ0n) is 11.2. The van der Waals surface area contributed by atoms with Gasteiger partial charge in [0.2, 0.25) is 0 Å². The molecule has 0 radical (unpaired) electrons. The van der Waals surface area contributed by atoms with Crippen molar-refractivity contribution in [2.75, 3.05) is 0 Å². The van der Waals surface area contributed by atoms with Crippen molar-refractivity contribution in [2.45, 2.75) is 31.7 Å². The highest BCUT2D eigenvalue weighted by molar-refractivity contribution is 9.10. The number of aromatic amines is 1. The van der Waals surface area contributed by atoms with Crippen LogP contribution in [0.25, 0.3) is 0 Å². The van der Waals surface area contributed by atoms with E-state index in [4.69, 9.17) is 0 Å². The van der Waals surface area contributed by atoms with Gasteiger partial charge in [-0.15, -0.1) is 0 Å². The van der Waals surface area contributed by atoms with Gasteiger partial charge in [-0.2, -0.15) is 5.10 Å². The van der Waals surface area contributed by atoms with E-state index >= 15 is 0 Å². The van der Waals surface area contributed by atoms with Gasteiger partial charge in [0.15, 0.2) is 0 Å². The zero-order valence-corrected chi connectivity index (χ0v) is 12.8. The number of H-pyrrole nitrogens is 1. The second kappa shape index (κ2) is 5.40. The van der Waals surface area contributed by atoms with Crippen LogP contribution in [0.5, 0.6) is 0 Å². The Morgan fingerprint density at radius 3 is 3.05 bits per heavy atom. The molecule has 0 bridgehead atoms. The Hall–Kier alpha value is -1.62. The minimum atomic E-state index is -0.0940. The second-order valence-electron chi connectivity index (χ2n) is 5.11. The number of hydrogen-bond donors (Lipinski definition) is 2. The maximum absolute atomic E-state index is 12.1. The maximum atomic E-state index is 12.1. The summed E-state index contributed by atoms with van der Waals surface area (Å²) in [6.45, 7) is 2.03. The van der Waals surface area contributed by atoms with Gasteiger partial charge in [-0.05, 0) is 36.6 Å². The molecule has 104 valence electrons. The van der Waals surface area contributed by atoms with Crippen molar-refractivity contribution < 1.29 is 4.79 Å². The molecule has 1 amide bonds. The molecule has 2 atom stereocenters. The fraction of sp³-hybridized carbons (Fsp3) is 0.333. The van der Waals surface area contributed by atoms with Gasteiger partial charge in [0, 0.05) is 22.1 Å². The number of halogens is 1. The van der Waals surface area contributed by atoms with E-state index in [9.17, 15) is 4.79 Å². The lowest BCUT2D eigenvalue weighted by Gasteiger charge is -2.03. The average Bonchev–Trinajstić information content (AvgIpc) is 3.03. The minimum Gasteiger partial charge on any atom is -0.347 e. The molecule has 3 rings (SSSR count). The highest BCUT2D eigenvalue weighted by atomic mass is 79.9. The molecule has 1 aromatic carbocycles. The summed E-state index contributed by atoms with van der Waals surface area (Å²) in [6, 6.07) is 10.3. The fourth-order valence-corrected chi connectivity index (χ4v) is 2.78. The summed E-state index contributed by atoms with van der Waals surface area (Å²) in [5.74, 6) is 0.324. The number of nitrogens with one attached hydrogen (secondary N) is 2. The molecule has 0 spiro atoms. The van der Waals surface area contributed by atoms with E-state index < -0.39 is 0 Å². The highest BCUT2D eigenvalue weighted by Crippen LogP contribution is 2.41. The lowest BCUT2D eigenvalue weighted by Crippen LogP contribution is -2.26. The number of aromatic nitrogens is 2.